The highest BCUT2D eigenvalue weighted by molar-refractivity contribution is 4.75. The second-order valence-electron chi connectivity index (χ2n) is 5.78. The van der Waals surface area contributed by atoms with Gasteiger partial charge in [-0.05, 0) is 26.3 Å². The summed E-state index contributed by atoms with van der Waals surface area (Å²) in [6.45, 7) is 10.3. The van der Waals surface area contributed by atoms with E-state index in [1.54, 1.807) is 0 Å². The zero-order valence-corrected chi connectivity index (χ0v) is 14.0. The van der Waals surface area contributed by atoms with Gasteiger partial charge in [-0.3, -0.25) is 9.80 Å². The quantitative estimate of drug-likeness (QED) is 0.342. The number of nitrogens with zero attached hydrogens (tertiary/aromatic N) is 2. The molecule has 0 bridgehead atoms. The van der Waals surface area contributed by atoms with E-state index in [0.29, 0.717) is 32.2 Å². The fourth-order valence-corrected chi connectivity index (χ4v) is 2.83. The minimum Gasteiger partial charge on any atom is -0.392 e. The van der Waals surface area contributed by atoms with Crippen molar-refractivity contribution in [2.45, 2.75) is 45.3 Å². The third-order valence-corrected chi connectivity index (χ3v) is 3.72. The van der Waals surface area contributed by atoms with Crippen molar-refractivity contribution in [2.24, 2.45) is 17.2 Å². The Hall–Kier alpha value is -0.240. The molecule has 0 aromatic rings. The molecule has 0 amide bonds. The molecule has 0 rings (SSSR count). The lowest BCUT2D eigenvalue weighted by molar-refractivity contribution is 0.113. The number of nitrogens with two attached hydrogens (primary N) is 3. The van der Waals surface area contributed by atoms with Crippen molar-refractivity contribution in [3.8, 4) is 0 Å². The Kier molecular flexibility index (Phi) is 13.3. The standard InChI is InChI=1S/C15H37N5O/c1-3-4-15(20(11-7-17)12-8-18)5-9-19(10-6-16)13-14(2)21/h14-15,21H,3-13,16-18H2,1-2H3. The summed E-state index contributed by atoms with van der Waals surface area (Å²) in [6.07, 6.45) is 3.07. The van der Waals surface area contributed by atoms with Crippen LogP contribution in [0.15, 0.2) is 0 Å². The van der Waals surface area contributed by atoms with Gasteiger partial charge in [0.15, 0.2) is 0 Å². The molecule has 0 fully saturated rings. The van der Waals surface area contributed by atoms with Gasteiger partial charge in [0.2, 0.25) is 0 Å². The van der Waals surface area contributed by atoms with Crippen LogP contribution in [0.4, 0.5) is 0 Å². The minimum atomic E-state index is -0.314. The van der Waals surface area contributed by atoms with E-state index in [9.17, 15) is 5.11 Å². The van der Waals surface area contributed by atoms with Crippen LogP contribution < -0.4 is 17.2 Å². The van der Waals surface area contributed by atoms with Crippen molar-refractivity contribution in [3.05, 3.63) is 0 Å². The maximum Gasteiger partial charge on any atom is 0.0639 e. The predicted octanol–water partition coefficient (Wildman–Crippen LogP) is -0.594. The average Bonchev–Trinajstić information content (AvgIpc) is 2.42. The number of hydrogen-bond acceptors (Lipinski definition) is 6. The number of rotatable bonds is 14. The molecule has 0 aliphatic carbocycles. The molecule has 2 atom stereocenters. The maximum atomic E-state index is 9.57. The first-order chi connectivity index (χ1) is 10.1. The van der Waals surface area contributed by atoms with Gasteiger partial charge in [-0.2, -0.15) is 0 Å². The Morgan fingerprint density at radius 1 is 0.905 bits per heavy atom. The zero-order valence-electron chi connectivity index (χ0n) is 14.0. The van der Waals surface area contributed by atoms with Crippen molar-refractivity contribution in [2.75, 3.05) is 52.4 Å². The molecule has 7 N–H and O–H groups in total. The van der Waals surface area contributed by atoms with Gasteiger partial charge < -0.3 is 22.3 Å². The van der Waals surface area contributed by atoms with E-state index in [-0.39, 0.29) is 6.10 Å². The number of aliphatic hydroxyl groups excluding tert-OH is 1. The summed E-state index contributed by atoms with van der Waals surface area (Å²) in [6, 6.07) is 0.511. The van der Waals surface area contributed by atoms with Crippen LogP contribution in [0.1, 0.15) is 33.1 Å². The maximum absolute atomic E-state index is 9.57. The lowest BCUT2D eigenvalue weighted by atomic mass is 10.1. The van der Waals surface area contributed by atoms with E-state index >= 15 is 0 Å². The zero-order chi connectivity index (χ0) is 16.1. The molecule has 0 aliphatic rings. The Morgan fingerprint density at radius 2 is 1.48 bits per heavy atom. The molecular weight excluding hydrogens is 266 g/mol. The van der Waals surface area contributed by atoms with Crippen molar-refractivity contribution in [1.82, 2.24) is 9.80 Å². The molecule has 0 aliphatic heterocycles. The van der Waals surface area contributed by atoms with Gasteiger partial charge in [0, 0.05) is 51.9 Å². The molecule has 128 valence electrons. The summed E-state index contributed by atoms with van der Waals surface area (Å²) >= 11 is 0. The molecule has 21 heavy (non-hydrogen) atoms. The Morgan fingerprint density at radius 3 is 1.90 bits per heavy atom. The van der Waals surface area contributed by atoms with Gasteiger partial charge in [-0.1, -0.05) is 13.3 Å². The molecule has 0 radical (unpaired) electrons. The second-order valence-corrected chi connectivity index (χ2v) is 5.78. The average molecular weight is 303 g/mol. The number of aliphatic hydroxyl groups is 1. The predicted molar refractivity (Wildman–Crippen MR) is 90.2 cm³/mol. The highest BCUT2D eigenvalue weighted by Gasteiger charge is 2.18. The first-order valence-electron chi connectivity index (χ1n) is 8.33. The van der Waals surface area contributed by atoms with Crippen LogP contribution >= 0.6 is 0 Å². The highest BCUT2D eigenvalue weighted by Crippen LogP contribution is 2.12. The van der Waals surface area contributed by atoms with E-state index in [1.165, 1.54) is 0 Å². The monoisotopic (exact) mass is 303 g/mol. The second kappa shape index (κ2) is 13.4. The van der Waals surface area contributed by atoms with Crippen LogP contribution in [-0.4, -0.2) is 79.4 Å². The van der Waals surface area contributed by atoms with E-state index in [2.05, 4.69) is 16.7 Å². The van der Waals surface area contributed by atoms with Crippen molar-refractivity contribution < 1.29 is 5.11 Å². The Bertz CT molecular complexity index is 222. The van der Waals surface area contributed by atoms with E-state index in [1.807, 2.05) is 6.92 Å². The van der Waals surface area contributed by atoms with Gasteiger partial charge in [0.25, 0.3) is 0 Å². The van der Waals surface area contributed by atoms with Crippen molar-refractivity contribution in [3.63, 3.8) is 0 Å². The molecule has 6 heteroatoms. The normalized spacial score (nSPS) is 14.9. The van der Waals surface area contributed by atoms with E-state index in [4.69, 9.17) is 17.2 Å². The largest absolute Gasteiger partial charge is 0.392 e. The molecular formula is C15H37N5O. The fraction of sp³-hybridized carbons (Fsp3) is 1.00. The summed E-state index contributed by atoms with van der Waals surface area (Å²) in [5, 5.41) is 9.57. The minimum absolute atomic E-state index is 0.314. The molecule has 0 aromatic heterocycles. The first-order valence-corrected chi connectivity index (χ1v) is 8.33. The van der Waals surface area contributed by atoms with Crippen molar-refractivity contribution >= 4 is 0 Å². The van der Waals surface area contributed by atoms with Gasteiger partial charge in [-0.15, -0.1) is 0 Å². The third-order valence-electron chi connectivity index (χ3n) is 3.72. The fourth-order valence-electron chi connectivity index (χ4n) is 2.83. The smallest absolute Gasteiger partial charge is 0.0639 e. The first kappa shape index (κ1) is 20.8. The topological polar surface area (TPSA) is 105 Å². The summed E-state index contributed by atoms with van der Waals surface area (Å²) in [5.74, 6) is 0. The molecule has 0 saturated heterocycles. The van der Waals surface area contributed by atoms with Crippen LogP contribution in [0.2, 0.25) is 0 Å². The van der Waals surface area contributed by atoms with Gasteiger partial charge in [-0.25, -0.2) is 0 Å². The summed E-state index contributed by atoms with van der Waals surface area (Å²) in [4.78, 5) is 4.66. The molecule has 0 aromatic carbocycles. The van der Waals surface area contributed by atoms with Gasteiger partial charge in [0.1, 0.15) is 0 Å². The molecule has 2 unspecified atom stereocenters. The lowest BCUT2D eigenvalue weighted by Gasteiger charge is -2.33. The summed E-state index contributed by atoms with van der Waals surface area (Å²) in [5.41, 5.74) is 17.1. The summed E-state index contributed by atoms with van der Waals surface area (Å²) < 4.78 is 0. The molecule has 0 heterocycles. The molecule has 0 spiro atoms. The van der Waals surface area contributed by atoms with E-state index < -0.39 is 0 Å². The van der Waals surface area contributed by atoms with Crippen molar-refractivity contribution in [1.29, 1.82) is 0 Å². The Labute approximate surface area is 130 Å². The lowest BCUT2D eigenvalue weighted by Crippen LogP contribution is -2.44. The highest BCUT2D eigenvalue weighted by atomic mass is 16.3. The van der Waals surface area contributed by atoms with Crippen LogP contribution in [0.3, 0.4) is 0 Å². The van der Waals surface area contributed by atoms with Crippen LogP contribution in [-0.2, 0) is 0 Å². The third kappa shape index (κ3) is 10.2. The van der Waals surface area contributed by atoms with Crippen LogP contribution in [0, 0.1) is 0 Å². The summed E-state index contributed by atoms with van der Waals surface area (Å²) in [7, 11) is 0. The SMILES string of the molecule is CCCC(CCN(CCN)CC(C)O)N(CCN)CCN. The molecule has 0 saturated carbocycles. The van der Waals surface area contributed by atoms with Crippen LogP contribution in [0.25, 0.3) is 0 Å². The number of hydrogen-bond donors (Lipinski definition) is 4. The molecule has 6 nitrogen and oxygen atoms in total. The van der Waals surface area contributed by atoms with Gasteiger partial charge in [0.05, 0.1) is 6.10 Å². The van der Waals surface area contributed by atoms with E-state index in [0.717, 1.165) is 45.4 Å². The van der Waals surface area contributed by atoms with Gasteiger partial charge >= 0.3 is 0 Å². The van der Waals surface area contributed by atoms with Crippen LogP contribution in [0.5, 0.6) is 0 Å². The Balaban J connectivity index is 4.49.